The maximum atomic E-state index is 14.1. The van der Waals surface area contributed by atoms with Crippen LogP contribution in [-0.4, -0.2) is 195 Å². The van der Waals surface area contributed by atoms with Gasteiger partial charge in [0.05, 0.1) is 31.1 Å². The van der Waals surface area contributed by atoms with E-state index in [2.05, 4.69) is 20.3 Å². The van der Waals surface area contributed by atoms with E-state index in [-0.39, 0.29) is 82.5 Å². The van der Waals surface area contributed by atoms with Crippen molar-refractivity contribution in [3.05, 3.63) is 22.3 Å². The summed E-state index contributed by atoms with van der Waals surface area (Å²) in [5, 5.41) is 14.8. The highest BCUT2D eigenvalue weighted by Gasteiger charge is 2.37. The van der Waals surface area contributed by atoms with E-state index in [4.69, 9.17) is 29.8 Å². The number of carboxylic acid groups (broad SMARTS) is 1. The summed E-state index contributed by atoms with van der Waals surface area (Å²) in [6.07, 6.45) is 1.57. The van der Waals surface area contributed by atoms with Gasteiger partial charge in [0.15, 0.2) is 0 Å². The maximum absolute atomic E-state index is 14.1. The highest BCUT2D eigenvalue weighted by Crippen LogP contribution is 2.43. The van der Waals surface area contributed by atoms with Crippen LogP contribution in [0.5, 0.6) is 5.75 Å². The number of nitrogens with one attached hydrogen (secondary N) is 3. The van der Waals surface area contributed by atoms with Crippen molar-refractivity contribution in [3.63, 3.8) is 0 Å². The zero-order chi connectivity index (χ0) is 56.7. The summed E-state index contributed by atoms with van der Waals surface area (Å²) in [4.78, 5) is 90.3. The van der Waals surface area contributed by atoms with Gasteiger partial charge in [-0.1, -0.05) is 0 Å². The van der Waals surface area contributed by atoms with Crippen molar-refractivity contribution >= 4 is 51.7 Å². The second-order valence-corrected chi connectivity index (χ2v) is 24.8. The number of sulfonamides is 1. The van der Waals surface area contributed by atoms with Gasteiger partial charge in [0, 0.05) is 89.4 Å². The molecule has 3 rings (SSSR count). The number of nitrogens with zero attached hydrogens (tertiary/aromatic N) is 5. The summed E-state index contributed by atoms with van der Waals surface area (Å²) >= 11 is 0. The minimum absolute atomic E-state index is 0.00656. The van der Waals surface area contributed by atoms with Crippen LogP contribution < -0.4 is 25.8 Å². The van der Waals surface area contributed by atoms with Crippen molar-refractivity contribution in [1.82, 2.24) is 35.0 Å². The summed E-state index contributed by atoms with van der Waals surface area (Å²) in [7, 11) is -4.20. The smallest absolute Gasteiger partial charge is 0.320 e. The first-order valence-electron chi connectivity index (χ1n) is 26.0. The fourth-order valence-electron chi connectivity index (χ4n) is 8.71. The number of hydrogen-bond acceptors (Lipinski definition) is 17. The van der Waals surface area contributed by atoms with E-state index in [1.807, 2.05) is 40.4 Å². The minimum atomic E-state index is -4.20. The minimum Gasteiger partial charge on any atom is -0.487 e. The van der Waals surface area contributed by atoms with Gasteiger partial charge in [0.1, 0.15) is 34.2 Å². The molecule has 2 aliphatic heterocycles. The highest BCUT2D eigenvalue weighted by atomic mass is 32.2. The van der Waals surface area contributed by atoms with E-state index in [0.29, 0.717) is 75.4 Å². The maximum Gasteiger partial charge on any atom is 0.320 e. The van der Waals surface area contributed by atoms with Gasteiger partial charge in [-0.2, -0.15) is 0 Å². The molecule has 0 radical (unpaired) electrons. The first kappa shape index (κ1) is 64.2. The first-order chi connectivity index (χ1) is 34.5. The number of ether oxygens (including phenoxy) is 4. The number of carbonyl (C=O) groups excluding carboxylic acids is 5. The Labute approximate surface area is 445 Å². The zero-order valence-electron chi connectivity index (χ0n) is 47.3. The standard InChI is InChI=1S/C52H89N9O13S/c1-35-36(2)46(37(3)45-38(35)30-52(13,14)74-45)75(69,70)57-48(53)55-21-17-18-39(47(68)54-20-16-15-19-41(63)64)56-40(62)31-58-22-24-59(32-42(65)71-49(4,5)6)26-28-61(34-44(67)73-51(10,11)12)29-27-60(25-23-58)33-43(66)72-50(7,8)9/h39H,15-34H2,1-14H3,(H,54,68)(H,56,62)(H,63,64)(H3,53,55,57)/t39-/m0/s1. The zero-order valence-corrected chi connectivity index (χ0v) is 48.1. The van der Waals surface area contributed by atoms with Gasteiger partial charge < -0.3 is 40.4 Å². The molecule has 2 heterocycles. The van der Waals surface area contributed by atoms with E-state index in [1.54, 1.807) is 76.2 Å². The normalized spacial score (nSPS) is 17.3. The third-order valence-electron chi connectivity index (χ3n) is 12.1. The molecule has 426 valence electrons. The average molecular weight is 1080 g/mol. The number of guanidine groups is 1. The molecule has 1 atom stereocenters. The number of carboxylic acids is 1. The molecule has 0 spiro atoms. The number of nitrogens with two attached hydrogens (primary N) is 1. The molecular formula is C52H89N9O13S. The van der Waals surface area contributed by atoms with Gasteiger partial charge in [-0.05, 0) is 134 Å². The largest absolute Gasteiger partial charge is 0.487 e. The van der Waals surface area contributed by atoms with Crippen LogP contribution in [0.1, 0.15) is 131 Å². The van der Waals surface area contributed by atoms with Crippen molar-refractivity contribution in [2.75, 3.05) is 91.6 Å². The molecule has 0 aromatic heterocycles. The molecule has 0 saturated carbocycles. The molecule has 0 aliphatic carbocycles. The van der Waals surface area contributed by atoms with Gasteiger partial charge in [0.25, 0.3) is 10.0 Å². The Balaban J connectivity index is 1.85. The van der Waals surface area contributed by atoms with Gasteiger partial charge in [0.2, 0.25) is 17.8 Å². The quantitative estimate of drug-likeness (QED) is 0.0389. The van der Waals surface area contributed by atoms with Gasteiger partial charge in [-0.25, -0.2) is 13.1 Å². The fraction of sp³-hybridized carbons (Fsp3) is 0.750. The Morgan fingerprint density at radius 1 is 0.693 bits per heavy atom. The van der Waals surface area contributed by atoms with Crippen molar-refractivity contribution < 1.29 is 61.2 Å². The molecule has 75 heavy (non-hydrogen) atoms. The van der Waals surface area contributed by atoms with Crippen LogP contribution in [0.25, 0.3) is 0 Å². The van der Waals surface area contributed by atoms with Gasteiger partial charge in [-0.3, -0.25) is 53.4 Å². The van der Waals surface area contributed by atoms with Crippen LogP contribution in [0.4, 0.5) is 0 Å². The van der Waals surface area contributed by atoms with Crippen LogP contribution in [-0.2, 0) is 59.4 Å². The van der Waals surface area contributed by atoms with Crippen molar-refractivity contribution in [2.24, 2.45) is 10.7 Å². The Hall–Kier alpha value is -5.10. The number of carbonyl (C=O) groups is 6. The van der Waals surface area contributed by atoms with Crippen molar-refractivity contribution in [3.8, 4) is 5.75 Å². The lowest BCUT2D eigenvalue weighted by Crippen LogP contribution is -2.52. The lowest BCUT2D eigenvalue weighted by molar-refractivity contribution is -0.158. The fourth-order valence-corrected chi connectivity index (χ4v) is 10.2. The molecule has 2 aliphatic rings. The van der Waals surface area contributed by atoms with E-state index in [1.165, 1.54) is 0 Å². The third kappa shape index (κ3) is 23.8. The van der Waals surface area contributed by atoms with E-state index in [0.717, 1.165) is 11.1 Å². The molecule has 2 amide bonds. The second-order valence-electron chi connectivity index (χ2n) is 23.2. The van der Waals surface area contributed by atoms with Crippen molar-refractivity contribution in [2.45, 2.75) is 169 Å². The van der Waals surface area contributed by atoms with E-state index >= 15 is 0 Å². The Kier molecular flexibility index (Phi) is 23.8. The molecule has 6 N–H and O–H groups in total. The number of aliphatic carboxylic acids is 1. The van der Waals surface area contributed by atoms with Crippen LogP contribution in [0, 0.1) is 20.8 Å². The van der Waals surface area contributed by atoms with Crippen molar-refractivity contribution in [1.29, 1.82) is 0 Å². The summed E-state index contributed by atoms with van der Waals surface area (Å²) in [5.41, 5.74) is 6.32. The first-order valence-corrected chi connectivity index (χ1v) is 27.5. The Morgan fingerprint density at radius 3 is 1.56 bits per heavy atom. The molecule has 1 aromatic rings. The summed E-state index contributed by atoms with van der Waals surface area (Å²) < 4.78 is 53.1. The Bertz CT molecular complexity index is 2260. The number of unbranched alkanes of at least 4 members (excludes halogenated alkanes) is 1. The molecule has 22 nitrogen and oxygen atoms in total. The molecule has 0 unspecified atom stereocenters. The number of fused-ring (bicyclic) bond motifs is 1. The molecule has 0 bridgehead atoms. The predicted octanol–water partition coefficient (Wildman–Crippen LogP) is 2.80. The highest BCUT2D eigenvalue weighted by molar-refractivity contribution is 7.90. The Morgan fingerprint density at radius 2 is 1.13 bits per heavy atom. The second kappa shape index (κ2) is 27.8. The van der Waals surface area contributed by atoms with Gasteiger partial charge >= 0.3 is 23.9 Å². The number of hydrogen-bond donors (Lipinski definition) is 5. The lowest BCUT2D eigenvalue weighted by atomic mass is 9.93. The van der Waals surface area contributed by atoms with Crippen LogP contribution >= 0.6 is 0 Å². The summed E-state index contributed by atoms with van der Waals surface area (Å²) in [5.74, 6) is -3.07. The van der Waals surface area contributed by atoms with E-state index in [9.17, 15) is 37.2 Å². The van der Waals surface area contributed by atoms with Crippen LogP contribution in [0.15, 0.2) is 9.89 Å². The molecule has 1 aromatic carbocycles. The third-order valence-corrected chi connectivity index (χ3v) is 13.7. The SMILES string of the molecule is Cc1c(C)c(S(=O)(=O)NC(N)=NCCC[C@H](NC(=O)CN2CCN(CC(=O)OC(C)(C)C)CCN(CC(=O)OC(C)(C)C)CCN(CC(=O)OC(C)(C)C)CC2)C(=O)NCCCCC(=O)O)c(C)c2c1CC(C)(C)O2. The van der Waals surface area contributed by atoms with Crippen LogP contribution in [0.2, 0.25) is 0 Å². The summed E-state index contributed by atoms with van der Waals surface area (Å²) in [6, 6.07) is -1.07. The number of aliphatic imine (C=N–C) groups is 1. The monoisotopic (exact) mass is 1080 g/mol. The predicted molar refractivity (Wildman–Crippen MR) is 285 cm³/mol. The molecule has 1 fully saturated rings. The van der Waals surface area contributed by atoms with Crippen LogP contribution in [0.3, 0.4) is 0 Å². The molecule has 23 heteroatoms. The van der Waals surface area contributed by atoms with E-state index < -0.39 is 74.2 Å². The number of amides is 2. The number of rotatable bonds is 21. The summed E-state index contributed by atoms with van der Waals surface area (Å²) in [6.45, 7) is 27.7. The lowest BCUT2D eigenvalue weighted by Gasteiger charge is -2.34. The van der Waals surface area contributed by atoms with Gasteiger partial charge in [-0.15, -0.1) is 0 Å². The topological polar surface area (TPSA) is 281 Å². The number of esters is 3. The number of benzene rings is 1. The average Bonchev–Trinajstić information content (AvgIpc) is 3.57. The molecular weight excluding hydrogens is 991 g/mol. The molecule has 1 saturated heterocycles.